The number of carbonyl (C=O) groups is 1. The Morgan fingerprint density at radius 2 is 2.16 bits per heavy atom. The molecule has 0 radical (unpaired) electrons. The van der Waals surface area contributed by atoms with Gasteiger partial charge >= 0.3 is 5.97 Å². The quantitative estimate of drug-likeness (QED) is 0.901. The lowest BCUT2D eigenvalue weighted by molar-refractivity contribution is 0.0697. The number of aromatic carboxylic acids is 1. The summed E-state index contributed by atoms with van der Waals surface area (Å²) in [4.78, 5) is 15.2. The van der Waals surface area contributed by atoms with Gasteiger partial charge in [-0.2, -0.15) is 0 Å². The molecule has 0 spiro atoms. The number of hydrogen-bond donors (Lipinski definition) is 2. The van der Waals surface area contributed by atoms with Crippen LogP contribution in [0.15, 0.2) is 27.1 Å². The van der Waals surface area contributed by atoms with Crippen molar-refractivity contribution in [2.45, 2.75) is 20.4 Å². The fourth-order valence-electron chi connectivity index (χ4n) is 1.61. The molecule has 5 nitrogen and oxygen atoms in total. The zero-order valence-electron chi connectivity index (χ0n) is 10.5. The van der Waals surface area contributed by atoms with E-state index in [1.807, 2.05) is 13.8 Å². The molecule has 2 rings (SSSR count). The van der Waals surface area contributed by atoms with E-state index in [1.54, 1.807) is 18.2 Å². The smallest absolute Gasteiger partial charge is 0.335 e. The van der Waals surface area contributed by atoms with Crippen molar-refractivity contribution in [1.29, 1.82) is 0 Å². The van der Waals surface area contributed by atoms with E-state index in [-0.39, 0.29) is 5.56 Å². The van der Waals surface area contributed by atoms with E-state index in [0.717, 1.165) is 11.5 Å². The van der Waals surface area contributed by atoms with E-state index < -0.39 is 5.97 Å². The lowest BCUT2D eigenvalue weighted by Crippen LogP contribution is -2.02. The van der Waals surface area contributed by atoms with Gasteiger partial charge in [-0.25, -0.2) is 9.78 Å². The van der Waals surface area contributed by atoms with E-state index in [2.05, 4.69) is 26.2 Å². The standard InChI is InChI=1S/C13H13BrN2O3/c1-7-8(2)19-12(16-7)6-15-11-4-9(13(17)18)3-10(14)5-11/h3-5,15H,6H2,1-2H3,(H,17,18). The van der Waals surface area contributed by atoms with Crippen LogP contribution in [-0.2, 0) is 6.54 Å². The van der Waals surface area contributed by atoms with Gasteiger partial charge in [0, 0.05) is 10.2 Å². The number of benzene rings is 1. The first-order valence-electron chi connectivity index (χ1n) is 5.66. The normalized spacial score (nSPS) is 10.5. The summed E-state index contributed by atoms with van der Waals surface area (Å²) in [5, 5.41) is 12.1. The highest BCUT2D eigenvalue weighted by Crippen LogP contribution is 2.20. The van der Waals surface area contributed by atoms with E-state index in [1.165, 1.54) is 0 Å². The first-order chi connectivity index (χ1) is 8.95. The van der Waals surface area contributed by atoms with Crippen molar-refractivity contribution in [2.24, 2.45) is 0 Å². The average molecular weight is 325 g/mol. The molecule has 0 saturated heterocycles. The van der Waals surface area contributed by atoms with Gasteiger partial charge in [0.05, 0.1) is 17.8 Å². The van der Waals surface area contributed by atoms with E-state index in [9.17, 15) is 4.79 Å². The zero-order chi connectivity index (χ0) is 14.0. The van der Waals surface area contributed by atoms with Crippen LogP contribution in [0.3, 0.4) is 0 Å². The summed E-state index contributed by atoms with van der Waals surface area (Å²) in [6.45, 7) is 4.14. The number of carboxylic acid groups (broad SMARTS) is 1. The molecule has 1 heterocycles. The van der Waals surface area contributed by atoms with Crippen molar-refractivity contribution >= 4 is 27.6 Å². The maximum absolute atomic E-state index is 10.9. The van der Waals surface area contributed by atoms with Crippen LogP contribution in [0.5, 0.6) is 0 Å². The molecular weight excluding hydrogens is 312 g/mol. The fourth-order valence-corrected chi connectivity index (χ4v) is 2.10. The van der Waals surface area contributed by atoms with Crippen LogP contribution in [0.2, 0.25) is 0 Å². The minimum atomic E-state index is -0.966. The SMILES string of the molecule is Cc1nc(CNc2cc(Br)cc(C(=O)O)c2)oc1C. The first-order valence-corrected chi connectivity index (χ1v) is 6.45. The van der Waals surface area contributed by atoms with Gasteiger partial charge in [0.2, 0.25) is 5.89 Å². The van der Waals surface area contributed by atoms with Crippen molar-refractivity contribution in [1.82, 2.24) is 4.98 Å². The number of nitrogens with one attached hydrogen (secondary N) is 1. The number of carboxylic acids is 1. The van der Waals surface area contributed by atoms with Crippen molar-refractivity contribution < 1.29 is 14.3 Å². The number of anilines is 1. The van der Waals surface area contributed by atoms with Crippen LogP contribution in [0.25, 0.3) is 0 Å². The molecule has 0 aliphatic carbocycles. The Labute approximate surface area is 118 Å². The third-order valence-electron chi connectivity index (χ3n) is 2.66. The molecule has 0 atom stereocenters. The van der Waals surface area contributed by atoms with Gasteiger partial charge in [0.15, 0.2) is 0 Å². The van der Waals surface area contributed by atoms with Gasteiger partial charge < -0.3 is 14.8 Å². The maximum atomic E-state index is 10.9. The monoisotopic (exact) mass is 324 g/mol. The molecule has 1 aromatic carbocycles. The van der Waals surface area contributed by atoms with Crippen molar-refractivity contribution in [3.63, 3.8) is 0 Å². The van der Waals surface area contributed by atoms with Gasteiger partial charge in [-0.3, -0.25) is 0 Å². The van der Waals surface area contributed by atoms with E-state index >= 15 is 0 Å². The Bertz CT molecular complexity index is 603. The highest BCUT2D eigenvalue weighted by molar-refractivity contribution is 9.10. The number of oxazole rings is 1. The Kier molecular flexibility index (Phi) is 3.90. The van der Waals surface area contributed by atoms with E-state index in [4.69, 9.17) is 9.52 Å². The van der Waals surface area contributed by atoms with Gasteiger partial charge in [0.1, 0.15) is 5.76 Å². The van der Waals surface area contributed by atoms with Crippen molar-refractivity contribution in [3.05, 3.63) is 45.6 Å². The van der Waals surface area contributed by atoms with Crippen LogP contribution >= 0.6 is 15.9 Å². The second-order valence-electron chi connectivity index (χ2n) is 4.14. The van der Waals surface area contributed by atoms with Gasteiger partial charge in [-0.05, 0) is 32.0 Å². The molecule has 0 fully saturated rings. The largest absolute Gasteiger partial charge is 0.478 e. The van der Waals surface area contributed by atoms with Crippen LogP contribution < -0.4 is 5.32 Å². The Morgan fingerprint density at radius 1 is 1.42 bits per heavy atom. The Morgan fingerprint density at radius 3 is 2.74 bits per heavy atom. The molecule has 0 aliphatic heterocycles. The molecule has 0 saturated carbocycles. The Hall–Kier alpha value is -1.82. The molecule has 100 valence electrons. The summed E-state index contributed by atoms with van der Waals surface area (Å²) >= 11 is 3.28. The van der Waals surface area contributed by atoms with Gasteiger partial charge in [-0.1, -0.05) is 15.9 Å². The summed E-state index contributed by atoms with van der Waals surface area (Å²) in [7, 11) is 0. The first kappa shape index (κ1) is 13.6. The summed E-state index contributed by atoms with van der Waals surface area (Å²) in [6, 6.07) is 4.91. The van der Waals surface area contributed by atoms with Gasteiger partial charge in [-0.15, -0.1) is 0 Å². The maximum Gasteiger partial charge on any atom is 0.335 e. The van der Waals surface area contributed by atoms with Crippen molar-refractivity contribution in [3.8, 4) is 0 Å². The summed E-state index contributed by atoms with van der Waals surface area (Å²) in [5.74, 6) is 0.399. The number of halogens is 1. The highest BCUT2D eigenvalue weighted by atomic mass is 79.9. The average Bonchev–Trinajstić information content (AvgIpc) is 2.65. The van der Waals surface area contributed by atoms with Crippen LogP contribution in [0.4, 0.5) is 5.69 Å². The minimum Gasteiger partial charge on any atom is -0.478 e. The predicted molar refractivity (Wildman–Crippen MR) is 74.4 cm³/mol. The molecule has 0 aliphatic rings. The fraction of sp³-hybridized carbons (Fsp3) is 0.231. The second-order valence-corrected chi connectivity index (χ2v) is 5.05. The number of aryl methyl sites for hydroxylation is 2. The summed E-state index contributed by atoms with van der Waals surface area (Å²) < 4.78 is 6.15. The Balaban J connectivity index is 2.13. The molecule has 6 heteroatoms. The number of hydrogen-bond acceptors (Lipinski definition) is 4. The number of nitrogens with zero attached hydrogens (tertiary/aromatic N) is 1. The van der Waals surface area contributed by atoms with E-state index in [0.29, 0.717) is 22.6 Å². The number of aromatic nitrogens is 1. The molecular formula is C13H13BrN2O3. The third-order valence-corrected chi connectivity index (χ3v) is 3.12. The van der Waals surface area contributed by atoms with Crippen molar-refractivity contribution in [2.75, 3.05) is 5.32 Å². The van der Waals surface area contributed by atoms with Gasteiger partial charge in [0.25, 0.3) is 0 Å². The van der Waals surface area contributed by atoms with Crippen LogP contribution in [-0.4, -0.2) is 16.1 Å². The molecule has 0 amide bonds. The van der Waals surface area contributed by atoms with Crippen LogP contribution in [0, 0.1) is 13.8 Å². The topological polar surface area (TPSA) is 75.4 Å². The summed E-state index contributed by atoms with van der Waals surface area (Å²) in [6.07, 6.45) is 0. The molecule has 0 bridgehead atoms. The molecule has 2 N–H and O–H groups in total. The molecule has 19 heavy (non-hydrogen) atoms. The lowest BCUT2D eigenvalue weighted by Gasteiger charge is -2.06. The highest BCUT2D eigenvalue weighted by Gasteiger charge is 2.08. The molecule has 0 unspecified atom stereocenters. The molecule has 1 aromatic heterocycles. The predicted octanol–water partition coefficient (Wildman–Crippen LogP) is 3.36. The third kappa shape index (κ3) is 3.35. The van der Waals surface area contributed by atoms with Crippen LogP contribution in [0.1, 0.15) is 27.7 Å². The zero-order valence-corrected chi connectivity index (χ0v) is 12.1. The second kappa shape index (κ2) is 5.44. The lowest BCUT2D eigenvalue weighted by atomic mass is 10.2. The minimum absolute atomic E-state index is 0.219. The number of rotatable bonds is 4. The summed E-state index contributed by atoms with van der Waals surface area (Å²) in [5.41, 5.74) is 1.77. The molecule has 2 aromatic rings.